The number of hydrogen-bond donors (Lipinski definition) is 0. The lowest BCUT2D eigenvalue weighted by molar-refractivity contribution is 0.0699. The van der Waals surface area contributed by atoms with Crippen LogP contribution in [0.15, 0.2) is 30.3 Å². The van der Waals surface area contributed by atoms with E-state index < -0.39 is 0 Å². The molecule has 3 heteroatoms. The topological polar surface area (TPSA) is 33.2 Å². The number of nitrogens with zero attached hydrogens (tertiary/aromatic N) is 2. The zero-order valence-electron chi connectivity index (χ0n) is 12.1. The number of likely N-dealkylation sites (tertiary alicyclic amines) is 1. The Labute approximate surface area is 119 Å². The fourth-order valence-electron chi connectivity index (χ4n) is 2.87. The molecule has 1 aromatic heterocycles. The Kier molecular flexibility index (Phi) is 3.43. The molecule has 1 fully saturated rings. The highest BCUT2D eigenvalue weighted by Crippen LogP contribution is 2.23. The Hall–Kier alpha value is -1.90. The third-order valence-electron chi connectivity index (χ3n) is 4.15. The van der Waals surface area contributed by atoms with E-state index in [0.717, 1.165) is 54.0 Å². The van der Waals surface area contributed by atoms with E-state index in [4.69, 9.17) is 0 Å². The summed E-state index contributed by atoms with van der Waals surface area (Å²) in [6, 6.07) is 9.81. The molecule has 1 aliphatic rings. The fourth-order valence-corrected chi connectivity index (χ4v) is 2.87. The minimum absolute atomic E-state index is 0.151. The van der Waals surface area contributed by atoms with Crippen LogP contribution in [0.4, 0.5) is 0 Å². The molecule has 0 atom stereocenters. The molecule has 2 aromatic rings. The van der Waals surface area contributed by atoms with Crippen LogP contribution in [0.25, 0.3) is 10.9 Å². The largest absolute Gasteiger partial charge is 0.339 e. The van der Waals surface area contributed by atoms with E-state index in [1.165, 1.54) is 0 Å². The number of piperidine rings is 1. The van der Waals surface area contributed by atoms with Gasteiger partial charge < -0.3 is 4.90 Å². The first-order valence-corrected chi connectivity index (χ1v) is 7.31. The lowest BCUT2D eigenvalue weighted by atomic mass is 9.98. The number of para-hydroxylation sites is 1. The van der Waals surface area contributed by atoms with Crippen molar-refractivity contribution >= 4 is 16.8 Å². The summed E-state index contributed by atoms with van der Waals surface area (Å²) in [6.45, 7) is 5.95. The summed E-state index contributed by atoms with van der Waals surface area (Å²) in [4.78, 5) is 19.3. The van der Waals surface area contributed by atoms with Gasteiger partial charge >= 0.3 is 0 Å². The van der Waals surface area contributed by atoms with Crippen molar-refractivity contribution in [3.63, 3.8) is 0 Å². The zero-order chi connectivity index (χ0) is 14.1. The number of pyridine rings is 1. The highest BCUT2D eigenvalue weighted by Gasteiger charge is 2.23. The van der Waals surface area contributed by atoms with E-state index in [2.05, 4.69) is 11.9 Å². The zero-order valence-corrected chi connectivity index (χ0v) is 12.1. The molecule has 1 saturated heterocycles. The van der Waals surface area contributed by atoms with Gasteiger partial charge in [0.1, 0.15) is 0 Å². The fraction of sp³-hybridized carbons (Fsp3) is 0.412. The normalized spacial score (nSPS) is 16.6. The van der Waals surface area contributed by atoms with Gasteiger partial charge in [0.15, 0.2) is 0 Å². The number of aromatic nitrogens is 1. The van der Waals surface area contributed by atoms with Crippen molar-refractivity contribution in [3.8, 4) is 0 Å². The average molecular weight is 268 g/mol. The van der Waals surface area contributed by atoms with Crippen molar-refractivity contribution in [1.82, 2.24) is 9.88 Å². The highest BCUT2D eigenvalue weighted by molar-refractivity contribution is 6.06. The van der Waals surface area contributed by atoms with Crippen molar-refractivity contribution in [1.29, 1.82) is 0 Å². The van der Waals surface area contributed by atoms with Gasteiger partial charge in [0.25, 0.3) is 5.91 Å². The molecule has 0 N–H and O–H groups in total. The first kappa shape index (κ1) is 13.1. The summed E-state index contributed by atoms with van der Waals surface area (Å²) in [5.74, 6) is 0.883. The summed E-state index contributed by atoms with van der Waals surface area (Å²) in [5, 5.41) is 0.960. The van der Waals surface area contributed by atoms with Crippen LogP contribution in [0.3, 0.4) is 0 Å². The van der Waals surface area contributed by atoms with E-state index in [9.17, 15) is 4.79 Å². The second kappa shape index (κ2) is 5.23. The minimum atomic E-state index is 0.151. The van der Waals surface area contributed by atoms with Crippen molar-refractivity contribution < 1.29 is 4.79 Å². The van der Waals surface area contributed by atoms with Crippen LogP contribution in [-0.2, 0) is 0 Å². The van der Waals surface area contributed by atoms with Crippen LogP contribution < -0.4 is 0 Å². The Morgan fingerprint density at radius 3 is 2.70 bits per heavy atom. The predicted octanol–water partition coefficient (Wildman–Crippen LogP) is 3.42. The van der Waals surface area contributed by atoms with Crippen molar-refractivity contribution in [2.75, 3.05) is 13.1 Å². The molecule has 20 heavy (non-hydrogen) atoms. The molecular weight excluding hydrogens is 248 g/mol. The maximum Gasteiger partial charge on any atom is 0.254 e. The standard InChI is InChI=1S/C17H20N2O/c1-12-7-9-19(10-8-12)17(20)15-11-13(2)18-16-6-4-3-5-14(15)16/h3-6,11-12H,7-10H2,1-2H3. The number of carbonyl (C=O) groups is 1. The third-order valence-corrected chi connectivity index (χ3v) is 4.15. The Bertz CT molecular complexity index is 642. The van der Waals surface area contributed by atoms with Crippen LogP contribution in [0.2, 0.25) is 0 Å². The predicted molar refractivity (Wildman–Crippen MR) is 80.8 cm³/mol. The number of hydrogen-bond acceptors (Lipinski definition) is 2. The van der Waals surface area contributed by atoms with E-state index >= 15 is 0 Å². The number of fused-ring (bicyclic) bond motifs is 1. The first-order valence-electron chi connectivity index (χ1n) is 7.31. The molecule has 1 aromatic carbocycles. The smallest absolute Gasteiger partial charge is 0.254 e. The third kappa shape index (κ3) is 2.40. The second-order valence-electron chi connectivity index (χ2n) is 5.80. The summed E-state index contributed by atoms with van der Waals surface area (Å²) >= 11 is 0. The summed E-state index contributed by atoms with van der Waals surface area (Å²) < 4.78 is 0. The number of benzene rings is 1. The van der Waals surface area contributed by atoms with E-state index in [1.54, 1.807) is 0 Å². The molecule has 0 unspecified atom stereocenters. The second-order valence-corrected chi connectivity index (χ2v) is 5.80. The summed E-state index contributed by atoms with van der Waals surface area (Å²) in [7, 11) is 0. The molecule has 2 heterocycles. The maximum atomic E-state index is 12.8. The molecule has 0 aliphatic carbocycles. The van der Waals surface area contributed by atoms with Crippen LogP contribution in [0, 0.1) is 12.8 Å². The van der Waals surface area contributed by atoms with Crippen molar-refractivity contribution in [2.24, 2.45) is 5.92 Å². The number of aryl methyl sites for hydroxylation is 1. The molecule has 104 valence electrons. The van der Waals surface area contributed by atoms with Crippen molar-refractivity contribution in [3.05, 3.63) is 41.6 Å². The molecule has 0 spiro atoms. The van der Waals surface area contributed by atoms with Gasteiger partial charge in [0, 0.05) is 24.2 Å². The highest BCUT2D eigenvalue weighted by atomic mass is 16.2. The number of rotatable bonds is 1. The van der Waals surface area contributed by atoms with Crippen LogP contribution in [-0.4, -0.2) is 28.9 Å². The van der Waals surface area contributed by atoms with Gasteiger partial charge in [-0.15, -0.1) is 0 Å². The number of amides is 1. The van der Waals surface area contributed by atoms with Crippen molar-refractivity contribution in [2.45, 2.75) is 26.7 Å². The maximum absolute atomic E-state index is 12.8. The van der Waals surface area contributed by atoms with Gasteiger partial charge in [0.2, 0.25) is 0 Å². The summed E-state index contributed by atoms with van der Waals surface area (Å²) in [5.41, 5.74) is 2.60. The van der Waals surface area contributed by atoms with Gasteiger partial charge in [-0.3, -0.25) is 9.78 Å². The monoisotopic (exact) mass is 268 g/mol. The Morgan fingerprint density at radius 2 is 1.95 bits per heavy atom. The van der Waals surface area contributed by atoms with Gasteiger partial charge in [-0.25, -0.2) is 0 Å². The van der Waals surface area contributed by atoms with E-state index in [-0.39, 0.29) is 5.91 Å². The molecular formula is C17H20N2O. The molecule has 1 aliphatic heterocycles. The average Bonchev–Trinajstić information content (AvgIpc) is 2.46. The van der Waals surface area contributed by atoms with Gasteiger partial charge in [-0.1, -0.05) is 25.1 Å². The van der Waals surface area contributed by atoms with E-state index in [1.807, 2.05) is 42.2 Å². The Morgan fingerprint density at radius 1 is 1.25 bits per heavy atom. The Balaban J connectivity index is 1.99. The molecule has 1 amide bonds. The van der Waals surface area contributed by atoms with Crippen LogP contribution in [0.5, 0.6) is 0 Å². The quantitative estimate of drug-likeness (QED) is 0.794. The van der Waals surface area contributed by atoms with Gasteiger partial charge in [0.05, 0.1) is 11.1 Å². The lowest BCUT2D eigenvalue weighted by Gasteiger charge is -2.30. The van der Waals surface area contributed by atoms with Crippen LogP contribution >= 0.6 is 0 Å². The molecule has 0 radical (unpaired) electrons. The summed E-state index contributed by atoms with van der Waals surface area (Å²) in [6.07, 6.45) is 2.21. The molecule has 0 bridgehead atoms. The molecule has 0 saturated carbocycles. The van der Waals surface area contributed by atoms with E-state index in [0.29, 0.717) is 0 Å². The van der Waals surface area contributed by atoms with Crippen LogP contribution in [0.1, 0.15) is 35.8 Å². The van der Waals surface area contributed by atoms with Gasteiger partial charge in [-0.05, 0) is 37.8 Å². The number of carbonyl (C=O) groups excluding carboxylic acids is 1. The lowest BCUT2D eigenvalue weighted by Crippen LogP contribution is -2.38. The SMILES string of the molecule is Cc1cc(C(=O)N2CCC(C)CC2)c2ccccc2n1. The molecule has 3 rings (SSSR count). The first-order chi connectivity index (χ1) is 9.65. The molecule has 3 nitrogen and oxygen atoms in total. The minimum Gasteiger partial charge on any atom is -0.339 e. The van der Waals surface area contributed by atoms with Gasteiger partial charge in [-0.2, -0.15) is 0 Å².